The highest BCUT2D eigenvalue weighted by molar-refractivity contribution is 9.10. The third-order valence-corrected chi connectivity index (χ3v) is 4.25. The molecule has 0 saturated heterocycles. The lowest BCUT2D eigenvalue weighted by atomic mass is 10.0. The molecule has 2 rings (SSSR count). The topological polar surface area (TPSA) is 43.8 Å². The molecule has 0 saturated carbocycles. The molecule has 20 heavy (non-hydrogen) atoms. The van der Waals surface area contributed by atoms with Gasteiger partial charge in [0.25, 0.3) is 0 Å². The van der Waals surface area contributed by atoms with Gasteiger partial charge in [0.2, 0.25) is 0 Å². The van der Waals surface area contributed by atoms with Gasteiger partial charge in [-0.15, -0.1) is 0 Å². The molecule has 1 unspecified atom stereocenters. The van der Waals surface area contributed by atoms with Crippen molar-refractivity contribution in [1.82, 2.24) is 9.55 Å². The van der Waals surface area contributed by atoms with E-state index in [1.54, 1.807) is 0 Å². The Hall–Kier alpha value is -0.870. The second kappa shape index (κ2) is 7.23. The smallest absolute Gasteiger partial charge is 0.109 e. The Kier molecular flexibility index (Phi) is 5.61. The minimum atomic E-state index is 0.668. The van der Waals surface area contributed by atoms with E-state index < -0.39 is 0 Å². The van der Waals surface area contributed by atoms with Crippen LogP contribution in [0.2, 0.25) is 0 Å². The van der Waals surface area contributed by atoms with Crippen molar-refractivity contribution in [3.63, 3.8) is 0 Å². The lowest BCUT2D eigenvalue weighted by molar-refractivity contribution is 0.486. The van der Waals surface area contributed by atoms with Crippen LogP contribution in [0.1, 0.15) is 38.9 Å². The molecule has 2 aromatic rings. The normalized spacial score (nSPS) is 13.0. The van der Waals surface area contributed by atoms with Gasteiger partial charge in [-0.25, -0.2) is 4.98 Å². The molecule has 3 nitrogen and oxygen atoms in total. The summed E-state index contributed by atoms with van der Waals surface area (Å²) in [5.41, 5.74) is 7.97. The van der Waals surface area contributed by atoms with Crippen molar-refractivity contribution in [3.8, 4) is 0 Å². The summed E-state index contributed by atoms with van der Waals surface area (Å²) >= 11 is 3.52. The summed E-state index contributed by atoms with van der Waals surface area (Å²) in [5.74, 6) is 1.88. The van der Waals surface area contributed by atoms with E-state index in [2.05, 4.69) is 52.5 Å². The van der Waals surface area contributed by atoms with Crippen LogP contribution in [0.3, 0.4) is 0 Å². The van der Waals surface area contributed by atoms with Crippen molar-refractivity contribution >= 4 is 27.0 Å². The molecule has 1 heterocycles. The number of halogens is 1. The van der Waals surface area contributed by atoms with Crippen LogP contribution >= 0.6 is 15.9 Å². The van der Waals surface area contributed by atoms with Crippen LogP contribution < -0.4 is 5.73 Å². The van der Waals surface area contributed by atoms with Crippen molar-refractivity contribution in [3.05, 3.63) is 28.5 Å². The van der Waals surface area contributed by atoms with Gasteiger partial charge >= 0.3 is 0 Å². The Labute approximate surface area is 129 Å². The van der Waals surface area contributed by atoms with E-state index in [0.29, 0.717) is 5.92 Å². The molecule has 0 bridgehead atoms. The maximum atomic E-state index is 5.63. The van der Waals surface area contributed by atoms with Gasteiger partial charge in [-0.2, -0.15) is 0 Å². The van der Waals surface area contributed by atoms with Gasteiger partial charge in [0, 0.05) is 17.4 Å². The molecule has 0 radical (unpaired) electrons. The molecular weight excluding hydrogens is 314 g/mol. The number of nitrogens with zero attached hydrogens (tertiary/aromatic N) is 2. The molecule has 110 valence electrons. The lowest BCUT2D eigenvalue weighted by Gasteiger charge is -2.11. The van der Waals surface area contributed by atoms with Crippen LogP contribution in [0, 0.1) is 5.92 Å². The highest BCUT2D eigenvalue weighted by atomic mass is 79.9. The van der Waals surface area contributed by atoms with E-state index in [-0.39, 0.29) is 0 Å². The maximum absolute atomic E-state index is 5.63. The number of imidazole rings is 1. The highest BCUT2D eigenvalue weighted by Crippen LogP contribution is 2.23. The Balaban J connectivity index is 2.24. The molecule has 0 aliphatic carbocycles. The first-order valence-electron chi connectivity index (χ1n) is 7.50. The Morgan fingerprint density at radius 1 is 1.35 bits per heavy atom. The van der Waals surface area contributed by atoms with Crippen LogP contribution in [-0.4, -0.2) is 16.1 Å². The number of fused-ring (bicyclic) bond motifs is 1. The molecule has 0 fully saturated rings. The minimum Gasteiger partial charge on any atom is -0.330 e. The maximum Gasteiger partial charge on any atom is 0.109 e. The molecule has 0 aliphatic heterocycles. The van der Waals surface area contributed by atoms with Crippen molar-refractivity contribution in [2.45, 2.75) is 46.1 Å². The average molecular weight is 338 g/mol. The van der Waals surface area contributed by atoms with Crippen LogP contribution in [-0.2, 0) is 13.0 Å². The van der Waals surface area contributed by atoms with Crippen molar-refractivity contribution in [2.75, 3.05) is 6.54 Å². The van der Waals surface area contributed by atoms with E-state index in [9.17, 15) is 0 Å². The summed E-state index contributed by atoms with van der Waals surface area (Å²) in [6, 6.07) is 6.36. The third-order valence-electron chi connectivity index (χ3n) is 3.76. The monoisotopic (exact) mass is 337 g/mol. The predicted octanol–water partition coefficient (Wildman–Crippen LogP) is 4.13. The number of benzene rings is 1. The molecule has 2 N–H and O–H groups in total. The number of rotatable bonds is 7. The van der Waals surface area contributed by atoms with Crippen molar-refractivity contribution in [1.29, 1.82) is 0 Å². The largest absolute Gasteiger partial charge is 0.330 e. The number of hydrogen-bond donors (Lipinski definition) is 1. The Morgan fingerprint density at radius 3 is 2.85 bits per heavy atom. The zero-order valence-corrected chi connectivity index (χ0v) is 14.0. The first-order chi connectivity index (χ1) is 9.65. The van der Waals surface area contributed by atoms with Crippen LogP contribution in [0.5, 0.6) is 0 Å². The summed E-state index contributed by atoms with van der Waals surface area (Å²) in [7, 11) is 0. The lowest BCUT2D eigenvalue weighted by Crippen LogP contribution is -2.09. The standard InChI is InChI=1S/C16H24BrN3/c1-3-10-20-15-6-5-13(17)11-14(15)19-16(20)7-4-12(2)8-9-18/h5-6,11-12H,3-4,7-10,18H2,1-2H3. The molecule has 0 amide bonds. The average Bonchev–Trinajstić information content (AvgIpc) is 2.74. The zero-order valence-electron chi connectivity index (χ0n) is 12.4. The molecule has 4 heteroatoms. The fourth-order valence-corrected chi connectivity index (χ4v) is 2.97. The first kappa shape index (κ1) is 15.5. The molecule has 1 atom stereocenters. The SMILES string of the molecule is CCCn1c(CCC(C)CCN)nc2cc(Br)ccc21. The van der Waals surface area contributed by atoms with Crippen LogP contribution in [0.4, 0.5) is 0 Å². The first-order valence-corrected chi connectivity index (χ1v) is 8.29. The van der Waals surface area contributed by atoms with Gasteiger partial charge < -0.3 is 10.3 Å². The highest BCUT2D eigenvalue weighted by Gasteiger charge is 2.11. The minimum absolute atomic E-state index is 0.668. The quantitative estimate of drug-likeness (QED) is 0.825. The second-order valence-corrected chi connectivity index (χ2v) is 6.45. The van der Waals surface area contributed by atoms with Gasteiger partial charge in [0.05, 0.1) is 11.0 Å². The van der Waals surface area contributed by atoms with Gasteiger partial charge in [-0.1, -0.05) is 29.8 Å². The van der Waals surface area contributed by atoms with Gasteiger partial charge in [0.1, 0.15) is 5.82 Å². The van der Waals surface area contributed by atoms with E-state index in [0.717, 1.165) is 48.8 Å². The van der Waals surface area contributed by atoms with Crippen molar-refractivity contribution < 1.29 is 0 Å². The third kappa shape index (κ3) is 3.61. The van der Waals surface area contributed by atoms with E-state index >= 15 is 0 Å². The summed E-state index contributed by atoms with van der Waals surface area (Å²) in [6.45, 7) is 6.31. The van der Waals surface area contributed by atoms with Gasteiger partial charge in [0.15, 0.2) is 0 Å². The van der Waals surface area contributed by atoms with Crippen LogP contribution in [0.15, 0.2) is 22.7 Å². The summed E-state index contributed by atoms with van der Waals surface area (Å²) in [6.07, 6.45) is 4.42. The number of aryl methyl sites for hydroxylation is 2. The second-order valence-electron chi connectivity index (χ2n) is 5.53. The fourth-order valence-electron chi connectivity index (χ4n) is 2.62. The molecule has 1 aromatic carbocycles. The Bertz CT molecular complexity index is 562. The summed E-state index contributed by atoms with van der Waals surface area (Å²) in [5, 5.41) is 0. The van der Waals surface area contributed by atoms with Gasteiger partial charge in [-0.3, -0.25) is 0 Å². The fraction of sp³-hybridized carbons (Fsp3) is 0.562. The number of nitrogens with two attached hydrogens (primary N) is 1. The molecule has 1 aromatic heterocycles. The number of aromatic nitrogens is 2. The molecule has 0 spiro atoms. The predicted molar refractivity (Wildman–Crippen MR) is 88.9 cm³/mol. The van der Waals surface area contributed by atoms with Gasteiger partial charge in [-0.05, 0) is 49.9 Å². The van der Waals surface area contributed by atoms with Crippen molar-refractivity contribution in [2.24, 2.45) is 11.7 Å². The summed E-state index contributed by atoms with van der Waals surface area (Å²) < 4.78 is 3.46. The number of hydrogen-bond acceptors (Lipinski definition) is 2. The zero-order chi connectivity index (χ0) is 14.5. The van der Waals surface area contributed by atoms with E-state index in [1.165, 1.54) is 11.3 Å². The Morgan fingerprint density at radius 2 is 2.15 bits per heavy atom. The van der Waals surface area contributed by atoms with E-state index in [4.69, 9.17) is 10.7 Å². The van der Waals surface area contributed by atoms with E-state index in [1.807, 2.05) is 0 Å². The molecule has 0 aliphatic rings. The summed E-state index contributed by atoms with van der Waals surface area (Å²) in [4.78, 5) is 4.83. The molecular formula is C16H24BrN3. The van der Waals surface area contributed by atoms with Crippen LogP contribution in [0.25, 0.3) is 11.0 Å².